The fraction of sp³-hybridized carbons (Fsp3) is 0.471. The van der Waals surface area contributed by atoms with Crippen molar-refractivity contribution in [1.29, 1.82) is 0 Å². The predicted octanol–water partition coefficient (Wildman–Crippen LogP) is -0.676. The summed E-state index contributed by atoms with van der Waals surface area (Å²) in [4.78, 5) is 51.3. The predicted molar refractivity (Wildman–Crippen MR) is 101 cm³/mol. The maximum atomic E-state index is 12.7. The molecule has 3 N–H and O–H groups in total. The average Bonchev–Trinajstić information content (AvgIpc) is 2.66. The standard InChI is InChI=1S/C17H23N7O3/c1-2-5-24-15(18)14(16(26)21-17(24)27)12(25)11-22-6-8-23(9-7-22)13-10-19-3-4-20-13/h3-4,10H,2,5-9,11,18H2,1H3,(H,21,26,27). The summed E-state index contributed by atoms with van der Waals surface area (Å²) < 4.78 is 1.24. The highest BCUT2D eigenvalue weighted by Crippen LogP contribution is 2.12. The zero-order chi connectivity index (χ0) is 19.4. The van der Waals surface area contributed by atoms with Crippen LogP contribution >= 0.6 is 0 Å². The molecule has 0 amide bonds. The van der Waals surface area contributed by atoms with Crippen LogP contribution in [0.1, 0.15) is 23.7 Å². The van der Waals surface area contributed by atoms with Crippen LogP contribution < -0.4 is 21.9 Å². The van der Waals surface area contributed by atoms with Gasteiger partial charge in [0.15, 0.2) is 5.78 Å². The van der Waals surface area contributed by atoms with Gasteiger partial charge in [-0.25, -0.2) is 9.78 Å². The third-order valence-electron chi connectivity index (χ3n) is 4.58. The van der Waals surface area contributed by atoms with E-state index in [1.165, 1.54) is 4.57 Å². The zero-order valence-corrected chi connectivity index (χ0v) is 15.2. The fourth-order valence-electron chi connectivity index (χ4n) is 3.17. The van der Waals surface area contributed by atoms with Crippen LogP contribution in [0.5, 0.6) is 0 Å². The van der Waals surface area contributed by atoms with Gasteiger partial charge < -0.3 is 10.6 Å². The number of aromatic nitrogens is 4. The van der Waals surface area contributed by atoms with E-state index in [0.717, 1.165) is 5.82 Å². The minimum absolute atomic E-state index is 0.0613. The van der Waals surface area contributed by atoms with Crippen molar-refractivity contribution in [2.45, 2.75) is 19.9 Å². The lowest BCUT2D eigenvalue weighted by molar-refractivity contribution is 0.0925. The Labute approximate surface area is 155 Å². The Kier molecular flexibility index (Phi) is 5.65. The molecule has 27 heavy (non-hydrogen) atoms. The molecule has 1 aliphatic rings. The zero-order valence-electron chi connectivity index (χ0n) is 15.2. The van der Waals surface area contributed by atoms with E-state index in [1.54, 1.807) is 18.6 Å². The first kappa shape index (κ1) is 18.8. The van der Waals surface area contributed by atoms with Crippen LogP contribution in [0.2, 0.25) is 0 Å². The first-order valence-electron chi connectivity index (χ1n) is 8.90. The molecule has 3 heterocycles. The van der Waals surface area contributed by atoms with Crippen molar-refractivity contribution < 1.29 is 4.79 Å². The van der Waals surface area contributed by atoms with Crippen LogP contribution in [-0.2, 0) is 6.54 Å². The number of piperazine rings is 1. The number of H-pyrrole nitrogens is 1. The first-order valence-corrected chi connectivity index (χ1v) is 8.90. The Bertz CT molecular complexity index is 914. The van der Waals surface area contributed by atoms with Crippen molar-refractivity contribution in [3.05, 3.63) is 45.0 Å². The monoisotopic (exact) mass is 373 g/mol. The molecule has 1 aliphatic heterocycles. The highest BCUT2D eigenvalue weighted by atomic mass is 16.2. The lowest BCUT2D eigenvalue weighted by Crippen LogP contribution is -2.49. The lowest BCUT2D eigenvalue weighted by Gasteiger charge is -2.34. The number of hydrogen-bond acceptors (Lipinski definition) is 8. The van der Waals surface area contributed by atoms with E-state index < -0.39 is 11.2 Å². The van der Waals surface area contributed by atoms with E-state index in [0.29, 0.717) is 39.1 Å². The molecule has 2 aromatic heterocycles. The second-order valence-corrected chi connectivity index (χ2v) is 6.42. The number of ketones is 1. The van der Waals surface area contributed by atoms with Crippen LogP contribution in [0.4, 0.5) is 11.6 Å². The molecule has 0 unspecified atom stereocenters. The number of carbonyl (C=O) groups excluding carboxylic acids is 1. The highest BCUT2D eigenvalue weighted by Gasteiger charge is 2.24. The van der Waals surface area contributed by atoms with Crippen molar-refractivity contribution in [2.75, 3.05) is 43.4 Å². The quantitative estimate of drug-likeness (QED) is 0.637. The molecule has 144 valence electrons. The van der Waals surface area contributed by atoms with Gasteiger partial charge >= 0.3 is 5.69 Å². The van der Waals surface area contributed by atoms with Gasteiger partial charge in [0.1, 0.15) is 17.2 Å². The second kappa shape index (κ2) is 8.12. The summed E-state index contributed by atoms with van der Waals surface area (Å²) in [5, 5.41) is 0. The lowest BCUT2D eigenvalue weighted by atomic mass is 10.1. The average molecular weight is 373 g/mol. The van der Waals surface area contributed by atoms with Gasteiger partial charge in [0.2, 0.25) is 0 Å². The summed E-state index contributed by atoms with van der Waals surface area (Å²) in [7, 11) is 0. The molecular weight excluding hydrogens is 350 g/mol. The number of nitrogens with zero attached hydrogens (tertiary/aromatic N) is 5. The smallest absolute Gasteiger partial charge is 0.329 e. The molecule has 1 fully saturated rings. The molecule has 3 rings (SSSR count). The Balaban J connectivity index is 1.69. The molecule has 0 saturated carbocycles. The van der Waals surface area contributed by atoms with Gasteiger partial charge in [-0.15, -0.1) is 0 Å². The molecule has 0 bridgehead atoms. The highest BCUT2D eigenvalue weighted by molar-refractivity contribution is 6.01. The fourth-order valence-corrected chi connectivity index (χ4v) is 3.17. The normalized spacial score (nSPS) is 15.1. The van der Waals surface area contributed by atoms with E-state index >= 15 is 0 Å². The summed E-state index contributed by atoms with van der Waals surface area (Å²) in [6, 6.07) is 0. The van der Waals surface area contributed by atoms with Crippen molar-refractivity contribution in [3.63, 3.8) is 0 Å². The van der Waals surface area contributed by atoms with Crippen molar-refractivity contribution in [2.24, 2.45) is 0 Å². The van der Waals surface area contributed by atoms with Crippen LogP contribution in [0.25, 0.3) is 0 Å². The summed E-state index contributed by atoms with van der Waals surface area (Å²) in [5.41, 5.74) is 4.50. The van der Waals surface area contributed by atoms with Gasteiger partial charge in [-0.05, 0) is 6.42 Å². The first-order chi connectivity index (χ1) is 13.0. The SMILES string of the molecule is CCCn1c(N)c(C(=O)CN2CCN(c3cnccn3)CC2)c(=O)[nH]c1=O. The van der Waals surface area contributed by atoms with E-state index in [9.17, 15) is 14.4 Å². The third-order valence-corrected chi connectivity index (χ3v) is 4.58. The minimum atomic E-state index is -0.729. The molecular formula is C17H23N7O3. The number of rotatable bonds is 6. The molecule has 10 nitrogen and oxygen atoms in total. The number of carbonyl (C=O) groups is 1. The van der Waals surface area contributed by atoms with Gasteiger partial charge in [-0.3, -0.25) is 29.0 Å². The van der Waals surface area contributed by atoms with Crippen LogP contribution in [-0.4, -0.2) is 62.9 Å². The van der Waals surface area contributed by atoms with Gasteiger partial charge in [-0.1, -0.05) is 6.92 Å². The number of nitrogens with two attached hydrogens (primary N) is 1. The van der Waals surface area contributed by atoms with E-state index in [-0.39, 0.29) is 23.7 Å². The number of aromatic amines is 1. The Morgan fingerprint density at radius 3 is 2.59 bits per heavy atom. The Morgan fingerprint density at radius 1 is 1.22 bits per heavy atom. The van der Waals surface area contributed by atoms with Crippen molar-refractivity contribution in [3.8, 4) is 0 Å². The third kappa shape index (κ3) is 4.05. The number of Topliss-reactive ketones (excluding diaryl/α,β-unsaturated/α-hetero) is 1. The van der Waals surface area contributed by atoms with E-state index in [4.69, 9.17) is 5.73 Å². The number of hydrogen-bond donors (Lipinski definition) is 2. The molecule has 0 atom stereocenters. The molecule has 1 saturated heterocycles. The second-order valence-electron chi connectivity index (χ2n) is 6.42. The van der Waals surface area contributed by atoms with Crippen LogP contribution in [0.15, 0.2) is 28.2 Å². The molecule has 0 aliphatic carbocycles. The molecule has 2 aromatic rings. The summed E-state index contributed by atoms with van der Waals surface area (Å²) in [6.07, 6.45) is 5.63. The van der Waals surface area contributed by atoms with Gasteiger partial charge in [0.05, 0.1) is 12.7 Å². The molecule has 0 aromatic carbocycles. The topological polar surface area (TPSA) is 130 Å². The molecule has 0 radical (unpaired) electrons. The molecule has 10 heteroatoms. The maximum Gasteiger partial charge on any atom is 0.329 e. The number of anilines is 2. The van der Waals surface area contributed by atoms with E-state index in [2.05, 4.69) is 19.9 Å². The Morgan fingerprint density at radius 2 is 1.96 bits per heavy atom. The largest absolute Gasteiger partial charge is 0.384 e. The van der Waals surface area contributed by atoms with Gasteiger partial charge in [0, 0.05) is 45.1 Å². The maximum absolute atomic E-state index is 12.7. The number of nitrogen functional groups attached to an aromatic ring is 1. The minimum Gasteiger partial charge on any atom is -0.384 e. The summed E-state index contributed by atoms with van der Waals surface area (Å²) >= 11 is 0. The van der Waals surface area contributed by atoms with Crippen LogP contribution in [0.3, 0.4) is 0 Å². The van der Waals surface area contributed by atoms with Crippen LogP contribution in [0, 0.1) is 0 Å². The molecule has 0 spiro atoms. The van der Waals surface area contributed by atoms with Gasteiger partial charge in [-0.2, -0.15) is 0 Å². The summed E-state index contributed by atoms with van der Waals surface area (Å²) in [6.45, 7) is 5.00. The Hall–Kier alpha value is -3.01. The van der Waals surface area contributed by atoms with Crippen molar-refractivity contribution in [1.82, 2.24) is 24.4 Å². The van der Waals surface area contributed by atoms with E-state index in [1.807, 2.05) is 11.8 Å². The van der Waals surface area contributed by atoms with Crippen molar-refractivity contribution >= 4 is 17.4 Å². The number of nitrogens with one attached hydrogen (secondary N) is 1. The summed E-state index contributed by atoms with van der Waals surface area (Å²) in [5.74, 6) is 0.358. The van der Waals surface area contributed by atoms with Gasteiger partial charge in [0.25, 0.3) is 5.56 Å².